The monoisotopic (exact) mass is 138 g/mol. The number of nitrogens with one attached hydrogen (secondary N) is 1. The molecule has 0 heterocycles. The molecule has 2 nitrogen and oxygen atoms in total. The van der Waals surface area contributed by atoms with Crippen LogP contribution >= 0.6 is 0 Å². The van der Waals surface area contributed by atoms with Crippen LogP contribution in [0.1, 0.15) is 0 Å². The molecule has 0 aromatic heterocycles. The van der Waals surface area contributed by atoms with Crippen molar-refractivity contribution in [1.82, 2.24) is 0 Å². The van der Waals surface area contributed by atoms with Gasteiger partial charge in [0.1, 0.15) is 5.82 Å². The number of para-hydroxylation sites is 1. The molecule has 0 bridgehead atoms. The van der Waals surface area contributed by atoms with Crippen molar-refractivity contribution in [2.75, 3.05) is 5.43 Å². The van der Waals surface area contributed by atoms with Gasteiger partial charge in [0.25, 0.3) is 0 Å². The van der Waals surface area contributed by atoms with Gasteiger partial charge in [-0.1, -0.05) is 12.1 Å². The zero-order valence-corrected chi connectivity index (χ0v) is 5.34. The van der Waals surface area contributed by atoms with Gasteiger partial charge < -0.3 is 0 Å². The molecule has 1 aromatic carbocycles. The fourth-order valence-electron chi connectivity index (χ4n) is 0.637. The Morgan fingerprint density at radius 2 is 2.10 bits per heavy atom. The molecule has 0 radical (unpaired) electrons. The maximum Gasteiger partial charge on any atom is 0.148 e. The second-order valence-corrected chi connectivity index (χ2v) is 1.75. The van der Waals surface area contributed by atoms with Gasteiger partial charge in [0.05, 0.1) is 5.69 Å². The van der Waals surface area contributed by atoms with Gasteiger partial charge in [0.15, 0.2) is 0 Å². The molecule has 0 aliphatic heterocycles. The summed E-state index contributed by atoms with van der Waals surface area (Å²) in [5, 5.41) is 3.33. The minimum atomic E-state index is -0.324. The number of hydrogen-bond acceptors (Lipinski definition) is 2. The molecule has 0 atom stereocenters. The lowest BCUT2D eigenvalue weighted by Crippen LogP contribution is -1.89. The molecule has 0 aliphatic carbocycles. The summed E-state index contributed by atoms with van der Waals surface area (Å²) < 4.78 is 12.6. The van der Waals surface area contributed by atoms with Crippen molar-refractivity contribution in [2.45, 2.75) is 0 Å². The normalized spacial score (nSPS) is 8.90. The summed E-state index contributed by atoms with van der Waals surface area (Å²) in [5.74, 6) is -0.324. The SMILES string of the molecule is C=NNc1ccccc1F. The highest BCUT2D eigenvalue weighted by molar-refractivity contribution is 5.45. The van der Waals surface area contributed by atoms with Crippen LogP contribution in [-0.2, 0) is 0 Å². The number of rotatable bonds is 2. The van der Waals surface area contributed by atoms with Crippen LogP contribution in [-0.4, -0.2) is 6.72 Å². The number of hydrogen-bond donors (Lipinski definition) is 1. The maximum atomic E-state index is 12.6. The van der Waals surface area contributed by atoms with Crippen molar-refractivity contribution in [3.8, 4) is 0 Å². The number of hydrazone groups is 1. The Hall–Kier alpha value is -1.38. The van der Waals surface area contributed by atoms with E-state index in [1.165, 1.54) is 6.07 Å². The summed E-state index contributed by atoms with van der Waals surface area (Å²) in [6.07, 6.45) is 0. The molecule has 1 aromatic rings. The van der Waals surface area contributed by atoms with E-state index in [1.807, 2.05) is 0 Å². The predicted molar refractivity (Wildman–Crippen MR) is 39.6 cm³/mol. The molecule has 3 heteroatoms. The lowest BCUT2D eigenvalue weighted by atomic mass is 10.3. The molecule has 10 heavy (non-hydrogen) atoms. The number of benzene rings is 1. The zero-order valence-electron chi connectivity index (χ0n) is 5.34. The summed E-state index contributed by atoms with van der Waals surface area (Å²) in [5.41, 5.74) is 2.76. The van der Waals surface area contributed by atoms with Gasteiger partial charge in [0, 0.05) is 6.72 Å². The molecule has 0 unspecified atom stereocenters. The van der Waals surface area contributed by atoms with Crippen LogP contribution in [0.4, 0.5) is 10.1 Å². The van der Waals surface area contributed by atoms with E-state index in [0.29, 0.717) is 5.69 Å². The molecule has 0 saturated carbocycles. The van der Waals surface area contributed by atoms with Crippen LogP contribution in [0.2, 0.25) is 0 Å². The van der Waals surface area contributed by atoms with Crippen LogP contribution in [0.25, 0.3) is 0 Å². The standard InChI is InChI=1S/C7H7FN2/c1-9-10-7-5-3-2-4-6(7)8/h2-5,10H,1H2. The lowest BCUT2D eigenvalue weighted by molar-refractivity contribution is 0.631. The Bertz CT molecular complexity index is 235. The molecular formula is C7H7FN2. The van der Waals surface area contributed by atoms with Crippen molar-refractivity contribution in [2.24, 2.45) is 5.10 Å². The molecule has 1 rings (SSSR count). The van der Waals surface area contributed by atoms with Crippen molar-refractivity contribution in [3.05, 3.63) is 30.1 Å². The second-order valence-electron chi connectivity index (χ2n) is 1.75. The number of anilines is 1. The molecule has 0 amide bonds. The van der Waals surface area contributed by atoms with Crippen molar-refractivity contribution < 1.29 is 4.39 Å². The third-order valence-corrected chi connectivity index (χ3v) is 1.07. The van der Waals surface area contributed by atoms with E-state index in [-0.39, 0.29) is 5.82 Å². The molecule has 0 fully saturated rings. The highest BCUT2D eigenvalue weighted by Crippen LogP contribution is 2.11. The third-order valence-electron chi connectivity index (χ3n) is 1.07. The van der Waals surface area contributed by atoms with Gasteiger partial charge >= 0.3 is 0 Å². The van der Waals surface area contributed by atoms with E-state index in [9.17, 15) is 4.39 Å². The Kier molecular flexibility index (Phi) is 1.99. The van der Waals surface area contributed by atoms with Crippen LogP contribution < -0.4 is 5.43 Å². The highest BCUT2D eigenvalue weighted by Gasteiger charge is 1.95. The van der Waals surface area contributed by atoms with Crippen molar-refractivity contribution in [3.63, 3.8) is 0 Å². The van der Waals surface area contributed by atoms with Crippen LogP contribution in [0, 0.1) is 5.82 Å². The minimum Gasteiger partial charge on any atom is -0.276 e. The molecule has 52 valence electrons. The van der Waals surface area contributed by atoms with Gasteiger partial charge in [-0.05, 0) is 12.1 Å². The van der Waals surface area contributed by atoms with E-state index in [4.69, 9.17) is 0 Å². The van der Waals surface area contributed by atoms with Crippen molar-refractivity contribution >= 4 is 12.4 Å². The average molecular weight is 138 g/mol. The Morgan fingerprint density at radius 3 is 2.70 bits per heavy atom. The molecular weight excluding hydrogens is 131 g/mol. The van der Waals surface area contributed by atoms with E-state index in [2.05, 4.69) is 17.2 Å². The molecule has 1 N–H and O–H groups in total. The average Bonchev–Trinajstić information content (AvgIpc) is 1.94. The van der Waals surface area contributed by atoms with E-state index in [0.717, 1.165) is 0 Å². The molecule has 0 spiro atoms. The Morgan fingerprint density at radius 1 is 1.40 bits per heavy atom. The summed E-state index contributed by atoms with van der Waals surface area (Å²) in [6, 6.07) is 6.28. The maximum absolute atomic E-state index is 12.6. The van der Waals surface area contributed by atoms with Gasteiger partial charge in [0.2, 0.25) is 0 Å². The first-order valence-electron chi connectivity index (χ1n) is 2.81. The smallest absolute Gasteiger partial charge is 0.148 e. The summed E-state index contributed by atoms with van der Waals surface area (Å²) >= 11 is 0. The molecule has 0 saturated heterocycles. The number of nitrogens with zero attached hydrogens (tertiary/aromatic N) is 1. The first-order valence-corrected chi connectivity index (χ1v) is 2.81. The topological polar surface area (TPSA) is 24.4 Å². The van der Waals surface area contributed by atoms with E-state index < -0.39 is 0 Å². The van der Waals surface area contributed by atoms with Crippen LogP contribution in [0.3, 0.4) is 0 Å². The summed E-state index contributed by atoms with van der Waals surface area (Å²) in [7, 11) is 0. The Balaban J connectivity index is 2.91. The van der Waals surface area contributed by atoms with Gasteiger partial charge in [-0.3, -0.25) is 5.43 Å². The zero-order chi connectivity index (χ0) is 7.40. The largest absolute Gasteiger partial charge is 0.276 e. The lowest BCUT2D eigenvalue weighted by Gasteiger charge is -1.98. The highest BCUT2D eigenvalue weighted by atomic mass is 19.1. The fraction of sp³-hybridized carbons (Fsp3) is 0. The van der Waals surface area contributed by atoms with Gasteiger partial charge in [-0.25, -0.2) is 4.39 Å². The quantitative estimate of drug-likeness (QED) is 0.489. The van der Waals surface area contributed by atoms with Crippen LogP contribution in [0.5, 0.6) is 0 Å². The Labute approximate surface area is 58.4 Å². The van der Waals surface area contributed by atoms with Gasteiger partial charge in [-0.15, -0.1) is 0 Å². The van der Waals surface area contributed by atoms with E-state index >= 15 is 0 Å². The van der Waals surface area contributed by atoms with Crippen molar-refractivity contribution in [1.29, 1.82) is 0 Å². The van der Waals surface area contributed by atoms with Crippen LogP contribution in [0.15, 0.2) is 29.4 Å². The summed E-state index contributed by atoms with van der Waals surface area (Å²) in [6.45, 7) is 3.17. The third kappa shape index (κ3) is 1.31. The molecule has 0 aliphatic rings. The summed E-state index contributed by atoms with van der Waals surface area (Å²) in [4.78, 5) is 0. The van der Waals surface area contributed by atoms with E-state index in [1.54, 1.807) is 18.2 Å². The van der Waals surface area contributed by atoms with Gasteiger partial charge in [-0.2, -0.15) is 5.10 Å². The fourth-order valence-corrected chi connectivity index (χ4v) is 0.637. The second kappa shape index (κ2) is 2.96. The first-order chi connectivity index (χ1) is 4.84. The predicted octanol–water partition coefficient (Wildman–Crippen LogP) is 1.85. The first kappa shape index (κ1) is 6.74. The number of halogens is 1. The minimum absolute atomic E-state index is 0.324.